The topological polar surface area (TPSA) is 103 Å². The van der Waals surface area contributed by atoms with Crippen LogP contribution in [0.4, 0.5) is 0 Å². The second-order valence-electron chi connectivity index (χ2n) is 3.98. The molecule has 1 aliphatic heterocycles. The second-order valence-corrected chi connectivity index (χ2v) is 4.79. The third-order valence-corrected chi connectivity index (χ3v) is 2.39. The molecule has 7 N–H and O–H groups in total. The molecule has 2 rings (SSSR count). The molecule has 0 bridgehead atoms. The number of nitrogens with one attached hydrogen (secondary N) is 3. The van der Waals surface area contributed by atoms with E-state index in [1.807, 2.05) is 30.3 Å². The van der Waals surface area contributed by atoms with Crippen molar-refractivity contribution in [1.29, 1.82) is 0 Å². The van der Waals surface area contributed by atoms with Crippen molar-refractivity contribution >= 4 is 34.8 Å². The fourth-order valence-electron chi connectivity index (χ4n) is 1.38. The zero-order chi connectivity index (χ0) is 15.9. The van der Waals surface area contributed by atoms with Gasteiger partial charge < -0.3 is 31.9 Å². The Bertz CT molecular complexity index is 385. The molecule has 8 heteroatoms. The quantitative estimate of drug-likeness (QED) is 0.438. The average Bonchev–Trinajstić information content (AvgIpc) is 2.48. The third kappa shape index (κ3) is 16.5. The molecule has 0 atom stereocenters. The van der Waals surface area contributed by atoms with Gasteiger partial charge in [0, 0.05) is 32.7 Å². The number of aliphatic hydroxyl groups is 2. The minimum absolute atomic E-state index is 0.158. The van der Waals surface area contributed by atoms with Gasteiger partial charge in [-0.2, -0.15) is 0 Å². The maximum absolute atomic E-state index is 8.63. The van der Waals surface area contributed by atoms with Crippen molar-refractivity contribution in [2.24, 2.45) is 5.73 Å². The lowest BCUT2D eigenvalue weighted by atomic mass is 10.2. The van der Waals surface area contributed by atoms with E-state index in [9.17, 15) is 0 Å². The van der Waals surface area contributed by atoms with E-state index in [-0.39, 0.29) is 5.17 Å². The largest absolute Gasteiger partial charge is 0.487 e. The first kappa shape index (κ1) is 19.5. The number of nitrogens with two attached hydrogens (primary N) is 1. The van der Waals surface area contributed by atoms with Crippen molar-refractivity contribution in [2.75, 3.05) is 26.2 Å². The van der Waals surface area contributed by atoms with E-state index in [0.29, 0.717) is 6.54 Å². The summed E-state index contributed by atoms with van der Waals surface area (Å²) in [5.74, 6) is 0. The van der Waals surface area contributed by atoms with Gasteiger partial charge >= 0.3 is 0 Å². The molecule has 1 aromatic carbocycles. The molecular formula is C13H22N4O2S2. The predicted octanol–water partition coefficient (Wildman–Crippen LogP) is 0.586. The molecule has 1 aromatic rings. The van der Waals surface area contributed by atoms with E-state index in [1.165, 1.54) is 0 Å². The minimum atomic E-state index is -0.500. The van der Waals surface area contributed by atoms with Gasteiger partial charge in [-0.3, -0.25) is 0 Å². The van der Waals surface area contributed by atoms with Crippen LogP contribution in [0.15, 0.2) is 30.3 Å². The van der Waals surface area contributed by atoms with Gasteiger partial charge in [0.25, 0.3) is 10.3 Å². The molecule has 0 aromatic heterocycles. The summed E-state index contributed by atoms with van der Waals surface area (Å²) in [5.41, 5.74) is 5.50. The Labute approximate surface area is 135 Å². The molecule has 1 saturated heterocycles. The second kappa shape index (κ2) is 13.5. The van der Waals surface area contributed by atoms with Gasteiger partial charge in [-0.1, -0.05) is 30.3 Å². The van der Waals surface area contributed by atoms with Crippen LogP contribution < -0.4 is 21.7 Å². The fraction of sp³-hybridized carbons (Fsp3) is 0.385. The molecular weight excluding hydrogens is 308 g/mol. The van der Waals surface area contributed by atoms with Crippen LogP contribution >= 0.6 is 24.4 Å². The van der Waals surface area contributed by atoms with Crippen LogP contribution in [-0.4, -0.2) is 46.7 Å². The zero-order valence-corrected chi connectivity index (χ0v) is 13.3. The summed E-state index contributed by atoms with van der Waals surface area (Å²) in [5, 5.41) is 24.6. The Morgan fingerprint density at radius 3 is 1.81 bits per heavy atom. The number of aliphatic hydroxyl groups excluding tert-OH is 2. The number of piperazine rings is 1. The van der Waals surface area contributed by atoms with Gasteiger partial charge in [0.2, 0.25) is 0 Å². The van der Waals surface area contributed by atoms with Gasteiger partial charge in [0.15, 0.2) is 0 Å². The lowest BCUT2D eigenvalue weighted by Crippen LogP contribution is -2.39. The van der Waals surface area contributed by atoms with Crippen LogP contribution in [0, 0.1) is 0 Å². The SMILES string of the molecule is C1CNCCN1.NC(O)=S.OC(=S)NCc1ccccc1. The molecule has 0 spiro atoms. The molecule has 1 fully saturated rings. The lowest BCUT2D eigenvalue weighted by molar-refractivity contribution is 0.530. The molecule has 0 aliphatic carbocycles. The Morgan fingerprint density at radius 2 is 1.48 bits per heavy atom. The van der Waals surface area contributed by atoms with Crippen LogP contribution in [0.2, 0.25) is 0 Å². The van der Waals surface area contributed by atoms with Crippen LogP contribution in [-0.2, 0) is 6.54 Å². The Hall–Kier alpha value is -1.48. The first-order chi connectivity index (χ1) is 10.0. The van der Waals surface area contributed by atoms with Gasteiger partial charge in [-0.15, -0.1) is 0 Å². The Balaban J connectivity index is 0.000000335. The molecule has 21 heavy (non-hydrogen) atoms. The normalized spacial score (nSPS) is 12.8. The summed E-state index contributed by atoms with van der Waals surface area (Å²) in [6, 6.07) is 9.76. The van der Waals surface area contributed by atoms with E-state index in [4.69, 9.17) is 10.2 Å². The average molecular weight is 330 g/mol. The highest BCUT2D eigenvalue weighted by atomic mass is 32.1. The molecule has 6 nitrogen and oxygen atoms in total. The maximum atomic E-state index is 8.63. The van der Waals surface area contributed by atoms with E-state index in [0.717, 1.165) is 31.7 Å². The first-order valence-electron chi connectivity index (χ1n) is 6.43. The molecule has 1 heterocycles. The summed E-state index contributed by atoms with van der Waals surface area (Å²) in [7, 11) is 0. The predicted molar refractivity (Wildman–Crippen MR) is 93.7 cm³/mol. The Morgan fingerprint density at radius 1 is 1.05 bits per heavy atom. The fourth-order valence-corrected chi connectivity index (χ4v) is 1.45. The summed E-state index contributed by atoms with van der Waals surface area (Å²) >= 11 is 8.31. The molecule has 0 amide bonds. The zero-order valence-electron chi connectivity index (χ0n) is 11.7. The van der Waals surface area contributed by atoms with E-state index in [1.54, 1.807) is 0 Å². The van der Waals surface area contributed by atoms with Crippen molar-refractivity contribution in [3.8, 4) is 0 Å². The van der Waals surface area contributed by atoms with Gasteiger partial charge in [-0.05, 0) is 30.0 Å². The van der Waals surface area contributed by atoms with Crippen molar-refractivity contribution in [2.45, 2.75) is 6.54 Å². The smallest absolute Gasteiger partial charge is 0.254 e. The van der Waals surface area contributed by atoms with E-state index in [2.05, 4.69) is 46.1 Å². The van der Waals surface area contributed by atoms with Crippen molar-refractivity contribution in [3.63, 3.8) is 0 Å². The van der Waals surface area contributed by atoms with Crippen molar-refractivity contribution in [3.05, 3.63) is 35.9 Å². The number of benzene rings is 1. The number of thiocarbonyl (C=S) groups is 2. The summed E-state index contributed by atoms with van der Waals surface area (Å²) in [4.78, 5) is 0. The number of hydrogen-bond donors (Lipinski definition) is 6. The van der Waals surface area contributed by atoms with Gasteiger partial charge in [-0.25, -0.2) is 0 Å². The summed E-state index contributed by atoms with van der Waals surface area (Å²) in [6.45, 7) is 5.14. The number of hydrogen-bond acceptors (Lipinski definition) is 4. The first-order valence-corrected chi connectivity index (χ1v) is 7.24. The van der Waals surface area contributed by atoms with Crippen molar-refractivity contribution < 1.29 is 10.2 Å². The highest BCUT2D eigenvalue weighted by Crippen LogP contribution is 1.96. The highest BCUT2D eigenvalue weighted by molar-refractivity contribution is 7.80. The molecule has 0 unspecified atom stereocenters. The summed E-state index contributed by atoms with van der Waals surface area (Å²) < 4.78 is 0. The monoisotopic (exact) mass is 330 g/mol. The molecule has 118 valence electrons. The molecule has 0 saturated carbocycles. The maximum Gasteiger partial charge on any atom is 0.254 e. The Kier molecular flexibility index (Phi) is 12.5. The van der Waals surface area contributed by atoms with E-state index >= 15 is 0 Å². The van der Waals surface area contributed by atoms with Crippen LogP contribution in [0.25, 0.3) is 0 Å². The highest BCUT2D eigenvalue weighted by Gasteiger charge is 1.91. The van der Waals surface area contributed by atoms with E-state index < -0.39 is 5.17 Å². The number of rotatable bonds is 2. The lowest BCUT2D eigenvalue weighted by Gasteiger charge is -2.11. The van der Waals surface area contributed by atoms with Gasteiger partial charge in [0.1, 0.15) is 0 Å². The standard InChI is InChI=1S/C8H9NOS.C4H10N2.CH3NOS/c10-8(11)9-6-7-4-2-1-3-5-7;1-2-6-4-3-5-1;2-1(3)4/h1-5H,6H2,(H2,9,10,11);5-6H,1-4H2;(H3,2,3,4). The molecule has 0 radical (unpaired) electrons. The third-order valence-electron chi connectivity index (χ3n) is 2.24. The van der Waals surface area contributed by atoms with Crippen LogP contribution in [0.1, 0.15) is 5.56 Å². The van der Waals surface area contributed by atoms with Gasteiger partial charge in [0.05, 0.1) is 0 Å². The van der Waals surface area contributed by atoms with Crippen molar-refractivity contribution in [1.82, 2.24) is 16.0 Å². The molecule has 1 aliphatic rings. The minimum Gasteiger partial charge on any atom is -0.487 e. The van der Waals surface area contributed by atoms with Crippen LogP contribution in [0.5, 0.6) is 0 Å². The summed E-state index contributed by atoms with van der Waals surface area (Å²) in [6.07, 6.45) is 0. The van der Waals surface area contributed by atoms with Crippen LogP contribution in [0.3, 0.4) is 0 Å².